The van der Waals surface area contributed by atoms with Crippen LogP contribution >= 0.6 is 31.6 Å². The standard InChI is InChI=1S/C41H37BrN2O16P2.C16H36N/c1-27(45)56-35-22-37(44-23-32(20-21-42)38(46)43-41(44)49)59-36(35)26-53-61(50,51)60-62(52,54-24-28-12-16-33(17-13-28)57-39(47)30-8-4-2-5-9-30)55-25-29-14-18-34(19-15-29)58-40(48)31-10-6-3-7-11-31;1-5-9-13-17(14-10-6-2,15-11-7-3)16-12-8-4/h2-21,23,35-37H,22,24-26H2,1H3,(H,50,51)(H,43,46,49);5-16H2,1-4H3/q;+1/p-1/b21-20+;/t35-,36+,37+;/m0./s1. The van der Waals surface area contributed by atoms with E-state index in [1.54, 1.807) is 60.7 Å². The monoisotopic (exact) mass is 1200 g/mol. The Kier molecular flexibility index (Phi) is 26.5. The van der Waals surface area contributed by atoms with Gasteiger partial charge in [-0.15, -0.1) is 0 Å². The quantitative estimate of drug-likeness (QED) is 0.0195. The summed E-state index contributed by atoms with van der Waals surface area (Å²) in [5.41, 5.74) is -0.136. The normalized spacial score (nSPS) is 16.2. The van der Waals surface area contributed by atoms with Gasteiger partial charge in [0.25, 0.3) is 13.4 Å². The van der Waals surface area contributed by atoms with Gasteiger partial charge in [0.15, 0.2) is 0 Å². The highest BCUT2D eigenvalue weighted by atomic mass is 79.9. The van der Waals surface area contributed by atoms with Crippen LogP contribution in [0.2, 0.25) is 0 Å². The molecule has 4 aromatic carbocycles. The molecule has 19 nitrogen and oxygen atoms in total. The first-order valence-corrected chi connectivity index (χ1v) is 30.4. The SMILES string of the molecule is CC(=O)O[C@H]1C[C@H](n2cc(/C=C/Br)c(=O)[nH]c2=O)O[C@@H]1COP(=O)([O-])OP(=O)(OCc1ccc(OC(=O)c2ccccc2)cc1)OCc1ccc(OC(=O)c2ccccc2)cc1.CCCC[N+](CCCC)(CCCC)CCCC. The average molecular weight is 1200 g/mol. The molecular weight excluding hydrogens is 1120 g/mol. The Balaban J connectivity index is 0.000000581. The molecule has 6 rings (SSSR count). The zero-order valence-electron chi connectivity index (χ0n) is 45.4. The fourth-order valence-electron chi connectivity index (χ4n) is 8.39. The maximum absolute atomic E-state index is 14.1. The molecule has 0 bridgehead atoms. The maximum atomic E-state index is 14.1. The van der Waals surface area contributed by atoms with E-state index in [0.29, 0.717) is 22.3 Å². The smallest absolute Gasteiger partial charge is 0.481 e. The van der Waals surface area contributed by atoms with Crippen molar-refractivity contribution in [3.63, 3.8) is 0 Å². The van der Waals surface area contributed by atoms with E-state index < -0.39 is 83.1 Å². The van der Waals surface area contributed by atoms with Crippen LogP contribution in [0.5, 0.6) is 11.5 Å². The molecule has 0 spiro atoms. The van der Waals surface area contributed by atoms with Crippen molar-refractivity contribution >= 4 is 55.6 Å². The Morgan fingerprint density at radius 2 is 1.16 bits per heavy atom. The van der Waals surface area contributed by atoms with Crippen LogP contribution in [-0.2, 0) is 54.5 Å². The van der Waals surface area contributed by atoms with Crippen molar-refractivity contribution in [2.24, 2.45) is 0 Å². The summed E-state index contributed by atoms with van der Waals surface area (Å²) in [7, 11) is -10.7. The van der Waals surface area contributed by atoms with E-state index in [1.807, 2.05) is 0 Å². The number of H-pyrrole nitrogens is 1. The second kappa shape index (κ2) is 32.6. The van der Waals surface area contributed by atoms with Crippen LogP contribution in [-0.4, -0.2) is 76.9 Å². The van der Waals surface area contributed by atoms with Crippen molar-refractivity contribution < 1.29 is 69.7 Å². The molecule has 0 aliphatic carbocycles. The van der Waals surface area contributed by atoms with E-state index in [-0.39, 0.29) is 23.5 Å². The zero-order chi connectivity index (χ0) is 57.3. The Morgan fingerprint density at radius 3 is 1.58 bits per heavy atom. The second-order valence-corrected chi connectivity index (χ2v) is 22.6. The van der Waals surface area contributed by atoms with Crippen LogP contribution in [0.15, 0.2) is 130 Å². The highest BCUT2D eigenvalue weighted by Crippen LogP contribution is 2.62. The van der Waals surface area contributed by atoms with Gasteiger partial charge in [0.05, 0.1) is 62.7 Å². The molecule has 0 saturated carbocycles. The number of phosphoric ester groups is 2. The molecule has 1 aromatic heterocycles. The lowest BCUT2D eigenvalue weighted by Crippen LogP contribution is -2.50. The molecule has 1 fully saturated rings. The summed E-state index contributed by atoms with van der Waals surface area (Å²) in [5, 5.41) is 0. The molecule has 1 aliphatic heterocycles. The van der Waals surface area contributed by atoms with Gasteiger partial charge in [0.1, 0.15) is 29.9 Å². The van der Waals surface area contributed by atoms with Crippen LogP contribution in [0.3, 0.4) is 0 Å². The summed E-state index contributed by atoms with van der Waals surface area (Å²) in [6, 6.07) is 28.2. The first-order chi connectivity index (χ1) is 37.9. The number of nitrogens with one attached hydrogen (secondary N) is 1. The number of benzene rings is 4. The number of esters is 3. The van der Waals surface area contributed by atoms with Gasteiger partial charge in [0, 0.05) is 19.5 Å². The Hall–Kier alpha value is -5.63. The molecule has 0 radical (unpaired) electrons. The number of rotatable bonds is 30. The number of nitrogens with zero attached hydrogens (tertiary/aromatic N) is 2. The molecular formula is C57H72BrN3O16P2. The van der Waals surface area contributed by atoms with Crippen LogP contribution < -0.4 is 25.6 Å². The molecule has 428 valence electrons. The summed E-state index contributed by atoms with van der Waals surface area (Å²) < 4.78 is 72.8. The van der Waals surface area contributed by atoms with Crippen molar-refractivity contribution in [2.75, 3.05) is 32.8 Å². The molecule has 0 amide bonds. The van der Waals surface area contributed by atoms with Gasteiger partial charge in [0.2, 0.25) is 0 Å². The molecule has 1 aliphatic rings. The topological polar surface area (TPSA) is 237 Å². The van der Waals surface area contributed by atoms with Gasteiger partial charge in [-0.05, 0) is 96.4 Å². The number of quaternary nitrogens is 1. The number of aromatic nitrogens is 2. The number of hydrogen-bond donors (Lipinski definition) is 1. The number of carbonyl (C=O) groups excluding carboxylic acids is 3. The van der Waals surface area contributed by atoms with Crippen LogP contribution in [0.25, 0.3) is 6.08 Å². The minimum Gasteiger partial charge on any atom is -0.756 e. The van der Waals surface area contributed by atoms with Gasteiger partial charge in [-0.1, -0.05) is 130 Å². The van der Waals surface area contributed by atoms with Crippen molar-refractivity contribution in [3.8, 4) is 11.5 Å². The molecule has 1 N–H and O–H groups in total. The number of carbonyl (C=O) groups is 3. The lowest BCUT2D eigenvalue weighted by atomic mass is 10.1. The third-order valence-corrected chi connectivity index (χ3v) is 15.9. The molecule has 5 aromatic rings. The fraction of sp³-hybridized carbons (Fsp3) is 0.421. The molecule has 1 unspecified atom stereocenters. The third-order valence-electron chi connectivity index (χ3n) is 12.7. The highest BCUT2D eigenvalue weighted by molar-refractivity contribution is 9.11. The van der Waals surface area contributed by atoms with E-state index in [1.165, 1.54) is 148 Å². The van der Waals surface area contributed by atoms with Gasteiger partial charge in [-0.3, -0.25) is 32.8 Å². The Labute approximate surface area is 470 Å². The van der Waals surface area contributed by atoms with E-state index in [2.05, 4.69) is 48.6 Å². The van der Waals surface area contributed by atoms with Crippen LogP contribution in [0, 0.1) is 0 Å². The number of hydrogen-bond acceptors (Lipinski definition) is 16. The van der Waals surface area contributed by atoms with E-state index >= 15 is 0 Å². The number of phosphoric acid groups is 2. The predicted molar refractivity (Wildman–Crippen MR) is 300 cm³/mol. The average Bonchev–Trinajstić information content (AvgIpc) is 3.87. The third kappa shape index (κ3) is 21.4. The van der Waals surface area contributed by atoms with Crippen molar-refractivity contribution in [1.82, 2.24) is 9.55 Å². The second-order valence-electron chi connectivity index (χ2n) is 18.8. The molecule has 2 heterocycles. The van der Waals surface area contributed by atoms with E-state index in [9.17, 15) is 38.0 Å². The van der Waals surface area contributed by atoms with Crippen LogP contribution in [0.4, 0.5) is 0 Å². The molecule has 4 atom stereocenters. The first kappa shape index (κ1) is 64.2. The Bertz CT molecular complexity index is 2800. The summed E-state index contributed by atoms with van der Waals surface area (Å²) in [6.45, 7) is 14.2. The molecule has 79 heavy (non-hydrogen) atoms. The van der Waals surface area contributed by atoms with E-state index in [0.717, 1.165) is 11.5 Å². The minimum absolute atomic E-state index is 0.0758. The lowest BCUT2D eigenvalue weighted by molar-refractivity contribution is -0.929. The van der Waals surface area contributed by atoms with Crippen molar-refractivity contribution in [2.45, 2.75) is 124 Å². The zero-order valence-corrected chi connectivity index (χ0v) is 48.7. The van der Waals surface area contributed by atoms with Gasteiger partial charge < -0.3 is 32.8 Å². The summed E-state index contributed by atoms with van der Waals surface area (Å²) in [4.78, 5) is 78.7. The summed E-state index contributed by atoms with van der Waals surface area (Å²) >= 11 is 3.07. The summed E-state index contributed by atoms with van der Waals surface area (Å²) in [6.07, 6.45) is 9.89. The van der Waals surface area contributed by atoms with Crippen molar-refractivity contribution in [3.05, 3.63) is 169 Å². The fourth-order valence-corrected chi connectivity index (χ4v) is 11.2. The number of unbranched alkanes of at least 4 members (excludes halogenated alkanes) is 4. The minimum atomic E-state index is -5.63. The van der Waals surface area contributed by atoms with E-state index in [4.69, 9.17) is 36.8 Å². The van der Waals surface area contributed by atoms with Gasteiger partial charge in [-0.25, -0.2) is 23.3 Å². The van der Waals surface area contributed by atoms with Crippen LogP contribution in [0.1, 0.15) is 136 Å². The lowest BCUT2D eigenvalue weighted by Gasteiger charge is -2.39. The van der Waals surface area contributed by atoms with Gasteiger partial charge in [-0.2, -0.15) is 0 Å². The predicted octanol–water partition coefficient (Wildman–Crippen LogP) is 11.6. The first-order valence-electron chi connectivity index (χ1n) is 26.5. The Morgan fingerprint density at radius 1 is 0.709 bits per heavy atom. The summed E-state index contributed by atoms with van der Waals surface area (Å²) in [5.74, 6) is -1.60. The number of aromatic amines is 1. The number of halogens is 1. The van der Waals surface area contributed by atoms with Gasteiger partial charge >= 0.3 is 31.4 Å². The molecule has 22 heteroatoms. The van der Waals surface area contributed by atoms with Crippen molar-refractivity contribution in [1.29, 1.82) is 0 Å². The molecule has 1 saturated heterocycles. The largest absolute Gasteiger partial charge is 0.756 e. The maximum Gasteiger partial charge on any atom is 0.481 e. The highest BCUT2D eigenvalue weighted by Gasteiger charge is 2.41. The number of ether oxygens (including phenoxy) is 4.